The van der Waals surface area contributed by atoms with Gasteiger partial charge in [0.05, 0.1) is 24.4 Å². The van der Waals surface area contributed by atoms with Gasteiger partial charge in [-0.1, -0.05) is 25.1 Å². The molecule has 18 heavy (non-hydrogen) atoms. The van der Waals surface area contributed by atoms with E-state index in [4.69, 9.17) is 4.74 Å². The molecule has 4 nitrogen and oxygen atoms in total. The number of carbonyl (C=O) groups excluding carboxylic acids is 1. The molecule has 0 saturated carbocycles. The second kappa shape index (κ2) is 7.84. The fraction of sp³-hybridized carbons (Fsp3) is 0.500. The number of ether oxygens (including phenoxy) is 1. The highest BCUT2D eigenvalue weighted by molar-refractivity contribution is 5.89. The number of aliphatic hydroxyl groups is 2. The number of hydrogen-bond donors (Lipinski definition) is 2. The molecule has 0 heterocycles. The minimum absolute atomic E-state index is 0.158. The Morgan fingerprint density at radius 2 is 1.89 bits per heavy atom. The summed E-state index contributed by atoms with van der Waals surface area (Å²) in [5.74, 6) is -0.390. The minimum Gasteiger partial charge on any atom is -0.462 e. The highest BCUT2D eigenvalue weighted by Crippen LogP contribution is 2.07. The van der Waals surface area contributed by atoms with Crippen LogP contribution < -0.4 is 0 Å². The third-order valence-electron chi connectivity index (χ3n) is 2.71. The van der Waals surface area contributed by atoms with Gasteiger partial charge in [0.1, 0.15) is 0 Å². The van der Waals surface area contributed by atoms with E-state index >= 15 is 0 Å². The number of esters is 1. The third-order valence-corrected chi connectivity index (χ3v) is 2.71. The van der Waals surface area contributed by atoms with E-state index in [0.717, 1.165) is 0 Å². The van der Waals surface area contributed by atoms with E-state index in [9.17, 15) is 15.0 Å². The number of aliphatic hydroxyl groups excluding tert-OH is 2. The molecule has 100 valence electrons. The van der Waals surface area contributed by atoms with Gasteiger partial charge in [-0.05, 0) is 25.0 Å². The van der Waals surface area contributed by atoms with E-state index in [1.807, 2.05) is 13.0 Å². The minimum atomic E-state index is -0.636. The standard InChI is InChI=1S/C14H20O4/c1-2-12(15)10-13(16)8-9-18-14(17)11-6-4-3-5-7-11/h3-7,12-13,15-16H,2,8-10H2,1H3. The lowest BCUT2D eigenvalue weighted by atomic mass is 10.1. The van der Waals surface area contributed by atoms with Crippen LogP contribution in [-0.2, 0) is 4.74 Å². The van der Waals surface area contributed by atoms with Crippen molar-refractivity contribution in [3.05, 3.63) is 35.9 Å². The molecule has 2 N–H and O–H groups in total. The zero-order valence-corrected chi connectivity index (χ0v) is 10.6. The van der Waals surface area contributed by atoms with Crippen molar-refractivity contribution in [3.8, 4) is 0 Å². The summed E-state index contributed by atoms with van der Waals surface area (Å²) in [5.41, 5.74) is 0.501. The molecule has 0 fully saturated rings. The Morgan fingerprint density at radius 1 is 1.22 bits per heavy atom. The fourth-order valence-electron chi connectivity index (χ4n) is 1.54. The zero-order chi connectivity index (χ0) is 13.4. The largest absolute Gasteiger partial charge is 0.462 e. The normalized spacial score (nSPS) is 13.9. The summed E-state index contributed by atoms with van der Waals surface area (Å²) in [7, 11) is 0. The van der Waals surface area contributed by atoms with Gasteiger partial charge in [-0.2, -0.15) is 0 Å². The van der Waals surface area contributed by atoms with Crippen LogP contribution in [0.1, 0.15) is 36.5 Å². The van der Waals surface area contributed by atoms with Crippen LogP contribution in [0.15, 0.2) is 30.3 Å². The molecule has 1 rings (SSSR count). The Morgan fingerprint density at radius 3 is 2.50 bits per heavy atom. The van der Waals surface area contributed by atoms with Gasteiger partial charge in [0, 0.05) is 6.42 Å². The Hall–Kier alpha value is -1.39. The van der Waals surface area contributed by atoms with Gasteiger partial charge < -0.3 is 14.9 Å². The van der Waals surface area contributed by atoms with E-state index in [-0.39, 0.29) is 12.6 Å². The summed E-state index contributed by atoms with van der Waals surface area (Å²) < 4.78 is 5.03. The van der Waals surface area contributed by atoms with Gasteiger partial charge in [0.15, 0.2) is 0 Å². The molecule has 0 aliphatic rings. The Labute approximate surface area is 107 Å². The molecule has 4 heteroatoms. The second-order valence-corrected chi connectivity index (χ2v) is 4.24. The zero-order valence-electron chi connectivity index (χ0n) is 10.6. The van der Waals surface area contributed by atoms with Crippen molar-refractivity contribution in [3.63, 3.8) is 0 Å². The van der Waals surface area contributed by atoms with Crippen molar-refractivity contribution in [2.24, 2.45) is 0 Å². The molecular formula is C14H20O4. The van der Waals surface area contributed by atoms with Crippen molar-refractivity contribution in [2.75, 3.05) is 6.61 Å². The van der Waals surface area contributed by atoms with Crippen LogP contribution in [0.5, 0.6) is 0 Å². The average Bonchev–Trinajstić information content (AvgIpc) is 2.39. The van der Waals surface area contributed by atoms with Crippen molar-refractivity contribution in [2.45, 2.75) is 38.4 Å². The van der Waals surface area contributed by atoms with Crippen molar-refractivity contribution < 1.29 is 19.7 Å². The first kappa shape index (κ1) is 14.7. The summed E-state index contributed by atoms with van der Waals surface area (Å²) in [6.07, 6.45) is 0.143. The molecule has 0 radical (unpaired) electrons. The van der Waals surface area contributed by atoms with Gasteiger partial charge in [0.2, 0.25) is 0 Å². The van der Waals surface area contributed by atoms with Crippen LogP contribution in [0.3, 0.4) is 0 Å². The van der Waals surface area contributed by atoms with E-state index in [1.165, 1.54) is 0 Å². The van der Waals surface area contributed by atoms with E-state index in [0.29, 0.717) is 24.8 Å². The summed E-state index contributed by atoms with van der Waals surface area (Å²) >= 11 is 0. The van der Waals surface area contributed by atoms with Crippen LogP contribution in [0, 0.1) is 0 Å². The molecule has 0 spiro atoms. The molecule has 0 saturated heterocycles. The predicted molar refractivity (Wildman–Crippen MR) is 68.3 cm³/mol. The fourth-order valence-corrected chi connectivity index (χ4v) is 1.54. The smallest absolute Gasteiger partial charge is 0.338 e. The number of benzene rings is 1. The van der Waals surface area contributed by atoms with Crippen LogP contribution in [0.4, 0.5) is 0 Å². The van der Waals surface area contributed by atoms with Gasteiger partial charge in [-0.25, -0.2) is 4.79 Å². The first-order valence-electron chi connectivity index (χ1n) is 6.21. The molecule has 2 atom stereocenters. The lowest BCUT2D eigenvalue weighted by Crippen LogP contribution is -2.19. The quantitative estimate of drug-likeness (QED) is 0.726. The molecule has 2 unspecified atom stereocenters. The van der Waals surface area contributed by atoms with Crippen molar-refractivity contribution in [1.82, 2.24) is 0 Å². The highest BCUT2D eigenvalue weighted by Gasteiger charge is 2.12. The van der Waals surface area contributed by atoms with Gasteiger partial charge in [-0.3, -0.25) is 0 Å². The van der Waals surface area contributed by atoms with Gasteiger partial charge in [-0.15, -0.1) is 0 Å². The molecule has 0 aromatic heterocycles. The first-order valence-corrected chi connectivity index (χ1v) is 6.21. The summed E-state index contributed by atoms with van der Waals surface area (Å²) in [4.78, 5) is 11.6. The molecule has 0 bridgehead atoms. The van der Waals surface area contributed by atoms with Crippen molar-refractivity contribution >= 4 is 5.97 Å². The molecule has 1 aromatic rings. The number of rotatable bonds is 7. The van der Waals surface area contributed by atoms with Crippen molar-refractivity contribution in [1.29, 1.82) is 0 Å². The maximum atomic E-state index is 11.6. The number of hydrogen-bond acceptors (Lipinski definition) is 4. The van der Waals surface area contributed by atoms with Crippen LogP contribution in [-0.4, -0.2) is 35.0 Å². The summed E-state index contributed by atoms with van der Waals surface area (Å²) in [5, 5.41) is 18.9. The lowest BCUT2D eigenvalue weighted by molar-refractivity contribution is 0.0342. The second-order valence-electron chi connectivity index (χ2n) is 4.24. The topological polar surface area (TPSA) is 66.8 Å². The first-order chi connectivity index (χ1) is 8.63. The SMILES string of the molecule is CCC(O)CC(O)CCOC(=O)c1ccccc1. The predicted octanol–water partition coefficient (Wildman–Crippen LogP) is 1.76. The van der Waals surface area contributed by atoms with Gasteiger partial charge in [0.25, 0.3) is 0 Å². The Balaban J connectivity index is 2.24. The Kier molecular flexibility index (Phi) is 6.39. The molecule has 0 amide bonds. The summed E-state index contributed by atoms with van der Waals surface area (Å²) in [6, 6.07) is 8.72. The molecular weight excluding hydrogens is 232 g/mol. The Bertz CT molecular complexity index is 350. The summed E-state index contributed by atoms with van der Waals surface area (Å²) in [6.45, 7) is 2.01. The molecule has 0 aliphatic heterocycles. The third kappa shape index (κ3) is 5.29. The van der Waals surface area contributed by atoms with Crippen LogP contribution in [0.2, 0.25) is 0 Å². The van der Waals surface area contributed by atoms with E-state index in [2.05, 4.69) is 0 Å². The van der Waals surface area contributed by atoms with E-state index in [1.54, 1.807) is 24.3 Å². The van der Waals surface area contributed by atoms with Crippen LogP contribution in [0.25, 0.3) is 0 Å². The maximum Gasteiger partial charge on any atom is 0.338 e. The van der Waals surface area contributed by atoms with Gasteiger partial charge >= 0.3 is 5.97 Å². The molecule has 1 aromatic carbocycles. The average molecular weight is 252 g/mol. The molecule has 0 aliphatic carbocycles. The number of carbonyl (C=O) groups is 1. The highest BCUT2D eigenvalue weighted by atomic mass is 16.5. The van der Waals surface area contributed by atoms with E-state index < -0.39 is 12.2 Å². The maximum absolute atomic E-state index is 11.6. The monoisotopic (exact) mass is 252 g/mol. The lowest BCUT2D eigenvalue weighted by Gasteiger charge is -2.14. The van der Waals surface area contributed by atoms with Crippen LogP contribution >= 0.6 is 0 Å².